The fraction of sp³-hybridized carbons (Fsp3) is 0.312. The van der Waals surface area contributed by atoms with E-state index in [1.807, 2.05) is 24.3 Å². The highest BCUT2D eigenvalue weighted by Crippen LogP contribution is 2.22. The minimum Gasteiger partial charge on any atom is -0.369 e. The maximum absolute atomic E-state index is 12.1. The zero-order chi connectivity index (χ0) is 13.0. The SMILES string of the molecule is CCN(CC)c1ccc(C2C=CC=C2)ccc1=O. The number of hydrogen-bond donors (Lipinski definition) is 0. The van der Waals surface area contributed by atoms with Gasteiger partial charge < -0.3 is 4.90 Å². The predicted octanol–water partition coefficient (Wildman–Crippen LogP) is 3.10. The fourth-order valence-electron chi connectivity index (χ4n) is 2.27. The van der Waals surface area contributed by atoms with Crippen LogP contribution in [0.4, 0.5) is 5.69 Å². The van der Waals surface area contributed by atoms with Crippen molar-refractivity contribution in [1.29, 1.82) is 0 Å². The standard InChI is InChI=1S/C16H19NO/c1-3-17(4-2)15-11-9-14(10-12-16(15)18)13-7-5-6-8-13/h5-13H,3-4H2,1-2H3. The Kier molecular flexibility index (Phi) is 3.98. The van der Waals surface area contributed by atoms with Crippen molar-refractivity contribution in [1.82, 2.24) is 0 Å². The van der Waals surface area contributed by atoms with Crippen LogP contribution in [-0.4, -0.2) is 13.1 Å². The smallest absolute Gasteiger partial charge is 0.201 e. The van der Waals surface area contributed by atoms with E-state index in [1.165, 1.54) is 0 Å². The second-order valence-corrected chi connectivity index (χ2v) is 4.38. The van der Waals surface area contributed by atoms with Crippen molar-refractivity contribution < 1.29 is 0 Å². The van der Waals surface area contributed by atoms with Crippen LogP contribution in [-0.2, 0) is 0 Å². The molecule has 1 aromatic carbocycles. The van der Waals surface area contributed by atoms with Gasteiger partial charge in [-0.3, -0.25) is 4.79 Å². The predicted molar refractivity (Wildman–Crippen MR) is 77.3 cm³/mol. The maximum atomic E-state index is 12.1. The van der Waals surface area contributed by atoms with Crippen LogP contribution in [0.3, 0.4) is 0 Å². The third-order valence-corrected chi connectivity index (χ3v) is 3.35. The van der Waals surface area contributed by atoms with Crippen LogP contribution in [0.5, 0.6) is 0 Å². The first-order valence-electron chi connectivity index (χ1n) is 6.50. The minimum atomic E-state index is 0.0934. The van der Waals surface area contributed by atoms with Gasteiger partial charge in [-0.05, 0) is 31.5 Å². The third-order valence-electron chi connectivity index (χ3n) is 3.35. The number of nitrogens with zero attached hydrogens (tertiary/aromatic N) is 1. The highest BCUT2D eigenvalue weighted by atomic mass is 16.1. The lowest BCUT2D eigenvalue weighted by Gasteiger charge is -2.18. The average molecular weight is 241 g/mol. The molecule has 94 valence electrons. The molecule has 0 unspecified atom stereocenters. The summed E-state index contributed by atoms with van der Waals surface area (Å²) in [6.07, 6.45) is 8.36. The molecule has 0 saturated carbocycles. The Balaban J connectivity index is 2.40. The van der Waals surface area contributed by atoms with Crippen LogP contribution in [0.25, 0.3) is 0 Å². The van der Waals surface area contributed by atoms with Crippen molar-refractivity contribution >= 4 is 5.69 Å². The summed E-state index contributed by atoms with van der Waals surface area (Å²) in [6, 6.07) is 7.62. The molecule has 2 rings (SSSR count). The van der Waals surface area contributed by atoms with Gasteiger partial charge in [-0.2, -0.15) is 0 Å². The third kappa shape index (κ3) is 2.53. The molecule has 0 amide bonds. The Morgan fingerprint density at radius 2 is 1.61 bits per heavy atom. The minimum absolute atomic E-state index is 0.0934. The van der Waals surface area contributed by atoms with E-state index in [0.29, 0.717) is 5.92 Å². The van der Waals surface area contributed by atoms with Gasteiger partial charge in [0.1, 0.15) is 0 Å². The molecular formula is C16H19NO. The van der Waals surface area contributed by atoms with Gasteiger partial charge in [0.15, 0.2) is 0 Å². The molecule has 0 aromatic heterocycles. The molecule has 0 fully saturated rings. The Morgan fingerprint density at radius 1 is 1.00 bits per heavy atom. The van der Waals surface area contributed by atoms with E-state index in [9.17, 15) is 4.79 Å². The van der Waals surface area contributed by atoms with E-state index in [1.54, 1.807) is 6.07 Å². The molecule has 2 nitrogen and oxygen atoms in total. The quantitative estimate of drug-likeness (QED) is 0.807. The van der Waals surface area contributed by atoms with Crippen molar-refractivity contribution in [3.05, 3.63) is 64.4 Å². The first-order chi connectivity index (χ1) is 8.76. The first-order valence-corrected chi connectivity index (χ1v) is 6.50. The second kappa shape index (κ2) is 5.67. The number of rotatable bonds is 4. The van der Waals surface area contributed by atoms with Crippen molar-refractivity contribution in [3.8, 4) is 0 Å². The van der Waals surface area contributed by atoms with E-state index in [-0.39, 0.29) is 5.43 Å². The normalized spacial score (nSPS) is 14.1. The fourth-order valence-corrected chi connectivity index (χ4v) is 2.27. The lowest BCUT2D eigenvalue weighted by atomic mass is 10.0. The Hall–Kier alpha value is -1.83. The highest BCUT2D eigenvalue weighted by Gasteiger charge is 2.08. The first kappa shape index (κ1) is 12.6. The molecule has 0 heterocycles. The Morgan fingerprint density at radius 3 is 2.22 bits per heavy atom. The molecule has 1 aliphatic rings. The summed E-state index contributed by atoms with van der Waals surface area (Å²) < 4.78 is 0. The van der Waals surface area contributed by atoms with Crippen LogP contribution in [0.1, 0.15) is 25.3 Å². The van der Waals surface area contributed by atoms with Crippen molar-refractivity contribution in [2.45, 2.75) is 19.8 Å². The van der Waals surface area contributed by atoms with Crippen molar-refractivity contribution in [3.63, 3.8) is 0 Å². The summed E-state index contributed by atoms with van der Waals surface area (Å²) in [7, 11) is 0. The monoisotopic (exact) mass is 241 g/mol. The maximum Gasteiger partial charge on any atom is 0.201 e. The van der Waals surface area contributed by atoms with E-state index in [4.69, 9.17) is 0 Å². The molecule has 1 aromatic rings. The van der Waals surface area contributed by atoms with E-state index in [0.717, 1.165) is 24.3 Å². The molecule has 0 atom stereocenters. The van der Waals surface area contributed by atoms with Gasteiger partial charge in [-0.15, -0.1) is 0 Å². The summed E-state index contributed by atoms with van der Waals surface area (Å²) in [5.74, 6) is 0.307. The number of anilines is 1. The van der Waals surface area contributed by atoms with Crippen LogP contribution in [0, 0.1) is 0 Å². The molecule has 0 N–H and O–H groups in total. The van der Waals surface area contributed by atoms with Crippen LogP contribution in [0.15, 0.2) is 53.4 Å². The molecule has 0 bridgehead atoms. The molecule has 2 heteroatoms. The van der Waals surface area contributed by atoms with E-state index < -0.39 is 0 Å². The molecule has 0 radical (unpaired) electrons. The average Bonchev–Trinajstić information content (AvgIpc) is 2.85. The summed E-state index contributed by atoms with van der Waals surface area (Å²) in [5, 5.41) is 0. The lowest BCUT2D eigenvalue weighted by molar-refractivity contribution is 0.863. The van der Waals surface area contributed by atoms with Crippen LogP contribution < -0.4 is 10.3 Å². The van der Waals surface area contributed by atoms with Gasteiger partial charge in [0.25, 0.3) is 0 Å². The van der Waals surface area contributed by atoms with Crippen molar-refractivity contribution in [2.24, 2.45) is 0 Å². The zero-order valence-electron chi connectivity index (χ0n) is 11.0. The Bertz CT molecular complexity index is 515. The molecule has 0 saturated heterocycles. The van der Waals surface area contributed by atoms with Gasteiger partial charge in [0.05, 0.1) is 5.69 Å². The van der Waals surface area contributed by atoms with Crippen molar-refractivity contribution in [2.75, 3.05) is 18.0 Å². The largest absolute Gasteiger partial charge is 0.369 e. The van der Waals surface area contributed by atoms with Gasteiger partial charge >= 0.3 is 0 Å². The van der Waals surface area contributed by atoms with Crippen LogP contribution >= 0.6 is 0 Å². The molecular weight excluding hydrogens is 222 g/mol. The van der Waals surface area contributed by atoms with E-state index in [2.05, 4.69) is 37.0 Å². The number of hydrogen-bond acceptors (Lipinski definition) is 2. The summed E-state index contributed by atoms with van der Waals surface area (Å²) >= 11 is 0. The van der Waals surface area contributed by atoms with Gasteiger partial charge in [-0.1, -0.05) is 36.4 Å². The molecule has 0 spiro atoms. The molecule has 0 aliphatic heterocycles. The lowest BCUT2D eigenvalue weighted by Crippen LogP contribution is -2.26. The molecule has 18 heavy (non-hydrogen) atoms. The van der Waals surface area contributed by atoms with Gasteiger partial charge in [0.2, 0.25) is 5.43 Å². The van der Waals surface area contributed by atoms with Gasteiger partial charge in [0, 0.05) is 19.0 Å². The topological polar surface area (TPSA) is 20.3 Å². The zero-order valence-corrected chi connectivity index (χ0v) is 11.0. The Labute approximate surface area is 108 Å². The van der Waals surface area contributed by atoms with Crippen LogP contribution in [0.2, 0.25) is 0 Å². The summed E-state index contributed by atoms with van der Waals surface area (Å²) in [6.45, 7) is 5.85. The van der Waals surface area contributed by atoms with E-state index >= 15 is 0 Å². The molecule has 1 aliphatic carbocycles. The summed E-state index contributed by atoms with van der Waals surface area (Å²) in [4.78, 5) is 14.2. The summed E-state index contributed by atoms with van der Waals surface area (Å²) in [5.41, 5.74) is 2.05. The second-order valence-electron chi connectivity index (χ2n) is 4.38. The number of allylic oxidation sites excluding steroid dienone is 4. The highest BCUT2D eigenvalue weighted by molar-refractivity contribution is 5.47. The van der Waals surface area contributed by atoms with Gasteiger partial charge in [-0.25, -0.2) is 0 Å².